The van der Waals surface area contributed by atoms with Gasteiger partial charge in [0.25, 0.3) is 5.91 Å². The summed E-state index contributed by atoms with van der Waals surface area (Å²) in [7, 11) is 1.57. The number of pyridine rings is 1. The molecule has 4 fully saturated rings. The molecule has 0 bridgehead atoms. The molecule has 2 aromatic carbocycles. The Morgan fingerprint density at radius 2 is 1.74 bits per heavy atom. The van der Waals surface area contributed by atoms with E-state index in [1.165, 1.54) is 15.9 Å². The molecular weight excluding hydrogens is 828 g/mol. The van der Waals surface area contributed by atoms with E-state index in [2.05, 4.69) is 11.9 Å². The molecule has 7 rings (SSSR count). The van der Waals surface area contributed by atoms with E-state index < -0.39 is 88.0 Å². The number of alkyl halides is 3. The van der Waals surface area contributed by atoms with Crippen molar-refractivity contribution in [2.24, 2.45) is 23.2 Å². The van der Waals surface area contributed by atoms with Crippen molar-refractivity contribution in [1.29, 1.82) is 0 Å². The van der Waals surface area contributed by atoms with Gasteiger partial charge in [0.2, 0.25) is 17.7 Å². The second-order valence-electron chi connectivity index (χ2n) is 18.0. The largest absolute Gasteiger partial charge is 0.755 e. The molecule has 334 valence electrons. The summed E-state index contributed by atoms with van der Waals surface area (Å²) in [4.78, 5) is 65.1. The number of amides is 4. The van der Waals surface area contributed by atoms with Gasteiger partial charge in [-0.15, -0.1) is 6.58 Å². The zero-order valence-electron chi connectivity index (χ0n) is 35.5. The number of aryl methyl sites for hydroxylation is 1. The first-order chi connectivity index (χ1) is 29.3. The molecule has 4 amide bonds. The van der Waals surface area contributed by atoms with E-state index in [4.69, 9.17) is 14.5 Å². The zero-order chi connectivity index (χ0) is 44.9. The smallest absolute Gasteiger partial charge is 0.391 e. The summed E-state index contributed by atoms with van der Waals surface area (Å²) in [6, 6.07) is 13.2. The fraction of sp³-hybridized carbons (Fsp3) is 0.533. The highest BCUT2D eigenvalue weighted by Crippen LogP contribution is 2.48. The minimum atomic E-state index is -4.36. The molecular formula is C45H53F3N5O8S-. The Morgan fingerprint density at radius 3 is 2.31 bits per heavy atom. The van der Waals surface area contributed by atoms with E-state index in [1.54, 1.807) is 40.0 Å². The van der Waals surface area contributed by atoms with Crippen molar-refractivity contribution in [3.8, 4) is 22.8 Å². The lowest BCUT2D eigenvalue weighted by atomic mass is 9.77. The highest BCUT2D eigenvalue weighted by atomic mass is 32.2. The van der Waals surface area contributed by atoms with Crippen LogP contribution in [-0.2, 0) is 30.4 Å². The Bertz CT molecular complexity index is 2260. The maximum absolute atomic E-state index is 15.0. The molecule has 4 aliphatic rings. The first-order valence-corrected chi connectivity index (χ1v) is 22.0. The SMILES string of the molecule is C=CC1C[C@]1(NC(=O)[C@@H]1C[C@@H](Oc2cc(-c3ccccc3)nc3c(C)c(OC)ccc23)CN1C(=O)[C@@H](CC(=O)N1CCC(C(F)(F)F)CC1)C(C)(C)C)C(=O)N(C1CC1)S(=O)[O-]. The number of benzene rings is 2. The predicted molar refractivity (Wildman–Crippen MR) is 224 cm³/mol. The standard InChI is InChI=1S/C45H54F3N5O8S/c1-7-28-24-44(28,42(57)53(62(58)59)30-13-14-30)50-40(55)35-21-31(61-37-23-34(27-11-9-8-10-12-27)49-39-26(2)36(60-6)16-15-32(37)39)25-52(35)41(56)33(43(3,4)5)22-38(54)51-19-17-29(18-20-51)45(46,47)48/h7-12,15-16,23,28-31,33,35H,1,13-14,17-22,24-25H2,2-6H3,(H,50,55)(H,58,59)/p-1/t28?,31-,33-,35+,44-/m1/s1. The lowest BCUT2D eigenvalue weighted by Crippen LogP contribution is -2.57. The number of carbonyl (C=O) groups is 4. The monoisotopic (exact) mass is 880 g/mol. The molecule has 3 aromatic rings. The van der Waals surface area contributed by atoms with Crippen LogP contribution in [0.3, 0.4) is 0 Å². The first-order valence-electron chi connectivity index (χ1n) is 21.0. The Morgan fingerprint density at radius 1 is 1.06 bits per heavy atom. The number of likely N-dealkylation sites (tertiary alicyclic amines) is 2. The van der Waals surface area contributed by atoms with Crippen LogP contribution in [0.2, 0.25) is 0 Å². The van der Waals surface area contributed by atoms with Crippen LogP contribution in [0.4, 0.5) is 13.2 Å². The highest BCUT2D eigenvalue weighted by Gasteiger charge is 2.63. The lowest BCUT2D eigenvalue weighted by molar-refractivity contribution is -0.186. The van der Waals surface area contributed by atoms with Crippen molar-refractivity contribution in [3.63, 3.8) is 0 Å². The van der Waals surface area contributed by atoms with Gasteiger partial charge in [0, 0.05) is 60.5 Å². The summed E-state index contributed by atoms with van der Waals surface area (Å²) >= 11 is -2.89. The maximum atomic E-state index is 15.0. The summed E-state index contributed by atoms with van der Waals surface area (Å²) in [5.41, 5.74) is 0.369. The summed E-state index contributed by atoms with van der Waals surface area (Å²) in [6.45, 7) is 10.8. The number of halogens is 3. The predicted octanol–water partition coefficient (Wildman–Crippen LogP) is 6.27. The lowest BCUT2D eigenvalue weighted by Gasteiger charge is -2.38. The Kier molecular flexibility index (Phi) is 12.5. The number of carbonyl (C=O) groups excluding carboxylic acids is 4. The van der Waals surface area contributed by atoms with Crippen LogP contribution in [0.5, 0.6) is 11.5 Å². The molecule has 17 heteroatoms. The van der Waals surface area contributed by atoms with Crippen LogP contribution in [0.1, 0.15) is 71.3 Å². The molecule has 2 aliphatic heterocycles. The van der Waals surface area contributed by atoms with Gasteiger partial charge in [-0.1, -0.05) is 57.2 Å². The zero-order valence-corrected chi connectivity index (χ0v) is 36.4. The third-order valence-corrected chi connectivity index (χ3v) is 13.7. The molecule has 6 atom stereocenters. The van der Waals surface area contributed by atoms with E-state index in [9.17, 15) is 41.1 Å². The number of nitrogens with one attached hydrogen (secondary N) is 1. The summed E-state index contributed by atoms with van der Waals surface area (Å²) in [5.74, 6) is -4.50. The van der Waals surface area contributed by atoms with Gasteiger partial charge in [-0.05, 0) is 56.6 Å². The number of rotatable bonds is 13. The van der Waals surface area contributed by atoms with Crippen molar-refractivity contribution >= 4 is 45.8 Å². The van der Waals surface area contributed by atoms with Gasteiger partial charge in [-0.2, -0.15) is 13.2 Å². The first kappa shape index (κ1) is 45.0. The van der Waals surface area contributed by atoms with Crippen LogP contribution in [0.15, 0.2) is 61.2 Å². The van der Waals surface area contributed by atoms with E-state index in [1.807, 2.05) is 43.3 Å². The molecule has 0 spiro atoms. The molecule has 3 heterocycles. The van der Waals surface area contributed by atoms with Gasteiger partial charge in [0.05, 0.1) is 48.0 Å². The van der Waals surface area contributed by atoms with E-state index in [0.29, 0.717) is 40.9 Å². The third kappa shape index (κ3) is 9.06. The number of aromatic nitrogens is 1. The van der Waals surface area contributed by atoms with E-state index >= 15 is 0 Å². The Balaban J connectivity index is 1.22. The summed E-state index contributed by atoms with van der Waals surface area (Å²) < 4.78 is 78.1. The van der Waals surface area contributed by atoms with Gasteiger partial charge in [-0.3, -0.25) is 27.7 Å². The number of fused-ring (bicyclic) bond motifs is 1. The number of hydrogen-bond acceptors (Lipinski definition) is 9. The molecule has 2 unspecified atom stereocenters. The number of ether oxygens (including phenoxy) is 2. The van der Waals surface area contributed by atoms with Gasteiger partial charge in [0.1, 0.15) is 29.2 Å². The van der Waals surface area contributed by atoms with Crippen LogP contribution in [0.25, 0.3) is 22.2 Å². The van der Waals surface area contributed by atoms with Crippen LogP contribution < -0.4 is 14.8 Å². The molecule has 0 radical (unpaired) electrons. The summed E-state index contributed by atoms with van der Waals surface area (Å²) in [5, 5.41) is 3.50. The summed E-state index contributed by atoms with van der Waals surface area (Å²) in [6.07, 6.45) is -3.35. The molecule has 2 saturated carbocycles. The molecule has 2 saturated heterocycles. The third-order valence-electron chi connectivity index (χ3n) is 12.9. The fourth-order valence-corrected chi connectivity index (χ4v) is 9.67. The fourth-order valence-electron chi connectivity index (χ4n) is 8.91. The topological polar surface area (TPSA) is 162 Å². The van der Waals surface area contributed by atoms with E-state index in [-0.39, 0.29) is 51.7 Å². The Labute approximate surface area is 361 Å². The average Bonchev–Trinajstić information content (AvgIpc) is 4.15. The molecule has 62 heavy (non-hydrogen) atoms. The van der Waals surface area contributed by atoms with Crippen LogP contribution in [0, 0.1) is 30.1 Å². The van der Waals surface area contributed by atoms with Gasteiger partial charge in [0.15, 0.2) is 0 Å². The Hall–Kier alpha value is -5.03. The number of piperidine rings is 1. The van der Waals surface area contributed by atoms with Gasteiger partial charge < -0.3 is 29.1 Å². The molecule has 2 aliphatic carbocycles. The minimum absolute atomic E-state index is 0.0319. The number of methoxy groups -OCH3 is 1. The second-order valence-corrected chi connectivity index (χ2v) is 18.9. The number of nitrogens with zero attached hydrogens (tertiary/aromatic N) is 4. The van der Waals surface area contributed by atoms with Crippen LogP contribution in [-0.4, -0.2) is 108 Å². The van der Waals surface area contributed by atoms with Crippen molar-refractivity contribution in [2.75, 3.05) is 26.7 Å². The maximum Gasteiger partial charge on any atom is 0.391 e. The normalized spacial score (nSPS) is 24.0. The minimum Gasteiger partial charge on any atom is -0.755 e. The van der Waals surface area contributed by atoms with Crippen LogP contribution >= 0.6 is 0 Å². The molecule has 13 nitrogen and oxygen atoms in total. The van der Waals surface area contributed by atoms with Crippen molar-refractivity contribution in [2.45, 2.75) is 103 Å². The highest BCUT2D eigenvalue weighted by molar-refractivity contribution is 7.77. The molecule has 1 aromatic heterocycles. The van der Waals surface area contributed by atoms with Crippen molar-refractivity contribution in [1.82, 2.24) is 24.4 Å². The quantitative estimate of drug-likeness (QED) is 0.154. The van der Waals surface area contributed by atoms with Gasteiger partial charge >= 0.3 is 6.18 Å². The molecule has 1 N–H and O–H groups in total. The second kappa shape index (κ2) is 17.3. The average molecular weight is 881 g/mol. The van der Waals surface area contributed by atoms with Gasteiger partial charge in [-0.25, -0.2) is 4.98 Å². The van der Waals surface area contributed by atoms with E-state index in [0.717, 1.165) is 15.4 Å². The number of hydrogen-bond donors (Lipinski definition) is 1. The van der Waals surface area contributed by atoms with Crippen molar-refractivity contribution < 1.29 is 50.6 Å². The van der Waals surface area contributed by atoms with Crippen molar-refractivity contribution in [3.05, 3.63) is 66.7 Å².